The number of likely N-dealkylation sites (N-methyl/N-ethyl adjacent to an activating group) is 1. The number of benzene rings is 1. The Morgan fingerprint density at radius 1 is 1.16 bits per heavy atom. The van der Waals surface area contributed by atoms with Crippen LogP contribution in [0.2, 0.25) is 0 Å². The van der Waals surface area contributed by atoms with Gasteiger partial charge in [0.1, 0.15) is 5.75 Å². The second kappa shape index (κ2) is 11.7. The fourth-order valence-corrected chi connectivity index (χ4v) is 2.76. The van der Waals surface area contributed by atoms with E-state index in [9.17, 15) is 9.59 Å². The van der Waals surface area contributed by atoms with Crippen LogP contribution in [0.1, 0.15) is 32.6 Å². The zero-order valence-corrected chi connectivity index (χ0v) is 15.5. The molecule has 140 valence electrons. The van der Waals surface area contributed by atoms with Gasteiger partial charge in [-0.25, -0.2) is 0 Å². The molecule has 0 unspecified atom stereocenters. The Bertz CT molecular complexity index is 531. The maximum Gasteiger partial charge on any atom is 0.257 e. The number of carbonyl (C=O) groups is 2. The van der Waals surface area contributed by atoms with Crippen LogP contribution in [-0.2, 0) is 9.59 Å². The Morgan fingerprint density at radius 2 is 1.84 bits per heavy atom. The number of ether oxygens (including phenoxy) is 1. The summed E-state index contributed by atoms with van der Waals surface area (Å²) in [6.07, 6.45) is 3.82. The van der Waals surface area contributed by atoms with Gasteiger partial charge in [0.2, 0.25) is 5.91 Å². The Hall–Kier alpha value is -1.79. The summed E-state index contributed by atoms with van der Waals surface area (Å²) in [6.45, 7) is 4.56. The normalized spacial score (nSPS) is 14.3. The first-order valence-electron chi connectivity index (χ1n) is 8.67. The van der Waals surface area contributed by atoms with E-state index in [1.54, 1.807) is 24.3 Å². The SMILES string of the molecule is CCNC(=O)COc1ccc(NC(=O)CCC2CCNCC2)cc1.Cl. The number of rotatable bonds is 8. The summed E-state index contributed by atoms with van der Waals surface area (Å²) < 4.78 is 5.38. The Kier molecular flexibility index (Phi) is 9.96. The summed E-state index contributed by atoms with van der Waals surface area (Å²) in [6, 6.07) is 7.08. The van der Waals surface area contributed by atoms with Crippen molar-refractivity contribution < 1.29 is 14.3 Å². The number of halogens is 1. The predicted octanol–water partition coefficient (Wildman–Crippen LogP) is 2.34. The molecule has 0 saturated carbocycles. The minimum absolute atomic E-state index is 0. The summed E-state index contributed by atoms with van der Waals surface area (Å²) in [7, 11) is 0. The minimum atomic E-state index is -0.146. The van der Waals surface area contributed by atoms with Crippen molar-refractivity contribution in [2.75, 3.05) is 31.6 Å². The molecule has 1 aliphatic rings. The first kappa shape index (κ1) is 21.3. The predicted molar refractivity (Wildman–Crippen MR) is 101 cm³/mol. The lowest BCUT2D eigenvalue weighted by Gasteiger charge is -2.22. The van der Waals surface area contributed by atoms with Gasteiger partial charge in [0.05, 0.1) is 0 Å². The Labute approximate surface area is 155 Å². The van der Waals surface area contributed by atoms with E-state index in [0.29, 0.717) is 24.6 Å². The Balaban J connectivity index is 0.00000312. The molecule has 7 heteroatoms. The van der Waals surface area contributed by atoms with E-state index in [2.05, 4.69) is 16.0 Å². The van der Waals surface area contributed by atoms with Gasteiger partial charge in [-0.1, -0.05) is 0 Å². The molecule has 1 saturated heterocycles. The van der Waals surface area contributed by atoms with E-state index in [1.807, 2.05) is 6.92 Å². The maximum atomic E-state index is 12.0. The zero-order chi connectivity index (χ0) is 17.2. The minimum Gasteiger partial charge on any atom is -0.484 e. The molecular formula is C18H28ClN3O3. The summed E-state index contributed by atoms with van der Waals surface area (Å²) in [4.78, 5) is 23.4. The van der Waals surface area contributed by atoms with Crippen molar-refractivity contribution in [3.63, 3.8) is 0 Å². The fraction of sp³-hybridized carbons (Fsp3) is 0.556. The number of anilines is 1. The van der Waals surface area contributed by atoms with Crippen molar-refractivity contribution in [1.29, 1.82) is 0 Å². The van der Waals surface area contributed by atoms with Gasteiger partial charge < -0.3 is 20.7 Å². The average molecular weight is 370 g/mol. The van der Waals surface area contributed by atoms with Gasteiger partial charge in [-0.05, 0) is 69.5 Å². The Morgan fingerprint density at radius 3 is 2.48 bits per heavy atom. The van der Waals surface area contributed by atoms with Crippen LogP contribution in [0.3, 0.4) is 0 Å². The van der Waals surface area contributed by atoms with E-state index >= 15 is 0 Å². The first-order valence-corrected chi connectivity index (χ1v) is 8.67. The van der Waals surface area contributed by atoms with Crippen molar-refractivity contribution in [2.24, 2.45) is 5.92 Å². The average Bonchev–Trinajstić information content (AvgIpc) is 2.60. The molecule has 0 spiro atoms. The number of hydrogen-bond donors (Lipinski definition) is 3. The molecule has 3 N–H and O–H groups in total. The highest BCUT2D eigenvalue weighted by atomic mass is 35.5. The second-order valence-electron chi connectivity index (χ2n) is 6.05. The molecule has 1 heterocycles. The third-order valence-corrected chi connectivity index (χ3v) is 4.12. The van der Waals surface area contributed by atoms with E-state index in [1.165, 1.54) is 0 Å². The smallest absolute Gasteiger partial charge is 0.257 e. The van der Waals surface area contributed by atoms with Crippen molar-refractivity contribution in [2.45, 2.75) is 32.6 Å². The molecule has 0 atom stereocenters. The lowest BCUT2D eigenvalue weighted by Crippen LogP contribution is -2.28. The molecule has 25 heavy (non-hydrogen) atoms. The molecule has 1 aromatic carbocycles. The highest BCUT2D eigenvalue weighted by Crippen LogP contribution is 2.19. The van der Waals surface area contributed by atoms with Crippen LogP contribution in [0.15, 0.2) is 24.3 Å². The first-order chi connectivity index (χ1) is 11.7. The number of nitrogens with one attached hydrogen (secondary N) is 3. The van der Waals surface area contributed by atoms with E-state index < -0.39 is 0 Å². The van der Waals surface area contributed by atoms with Crippen molar-refractivity contribution in [3.05, 3.63) is 24.3 Å². The van der Waals surface area contributed by atoms with Crippen molar-refractivity contribution in [1.82, 2.24) is 10.6 Å². The lowest BCUT2D eigenvalue weighted by molar-refractivity contribution is -0.123. The van der Waals surface area contributed by atoms with E-state index in [-0.39, 0.29) is 30.8 Å². The monoisotopic (exact) mass is 369 g/mol. The van der Waals surface area contributed by atoms with Crippen LogP contribution < -0.4 is 20.7 Å². The van der Waals surface area contributed by atoms with Gasteiger partial charge in [0.15, 0.2) is 6.61 Å². The summed E-state index contributed by atoms with van der Waals surface area (Å²) in [5.74, 6) is 1.16. The van der Waals surface area contributed by atoms with Crippen molar-refractivity contribution >= 4 is 29.9 Å². The third-order valence-electron chi connectivity index (χ3n) is 4.12. The van der Waals surface area contributed by atoms with Gasteiger partial charge in [-0.15, -0.1) is 12.4 Å². The largest absolute Gasteiger partial charge is 0.484 e. The topological polar surface area (TPSA) is 79.5 Å². The van der Waals surface area contributed by atoms with E-state index in [0.717, 1.165) is 38.0 Å². The summed E-state index contributed by atoms with van der Waals surface area (Å²) in [5, 5.41) is 8.91. The summed E-state index contributed by atoms with van der Waals surface area (Å²) in [5.41, 5.74) is 0.746. The maximum absolute atomic E-state index is 12.0. The van der Waals surface area contributed by atoms with Crippen LogP contribution >= 0.6 is 12.4 Å². The molecule has 0 bridgehead atoms. The number of hydrogen-bond acceptors (Lipinski definition) is 4. The quantitative estimate of drug-likeness (QED) is 0.657. The highest BCUT2D eigenvalue weighted by molar-refractivity contribution is 5.90. The van der Waals surface area contributed by atoms with Crippen LogP contribution in [0.5, 0.6) is 5.75 Å². The van der Waals surface area contributed by atoms with Gasteiger partial charge in [0.25, 0.3) is 5.91 Å². The molecule has 2 rings (SSSR count). The third kappa shape index (κ3) is 8.23. The summed E-state index contributed by atoms with van der Waals surface area (Å²) >= 11 is 0. The molecule has 1 aliphatic heterocycles. The molecule has 0 radical (unpaired) electrons. The zero-order valence-electron chi connectivity index (χ0n) is 14.7. The molecule has 0 aromatic heterocycles. The van der Waals surface area contributed by atoms with E-state index in [4.69, 9.17) is 4.74 Å². The number of carbonyl (C=O) groups excluding carboxylic acids is 2. The van der Waals surface area contributed by atoms with Gasteiger partial charge in [-0.2, -0.15) is 0 Å². The molecule has 2 amide bonds. The number of piperidine rings is 1. The molecule has 1 aromatic rings. The van der Waals surface area contributed by atoms with Gasteiger partial charge >= 0.3 is 0 Å². The number of amides is 2. The standard InChI is InChI=1S/C18H27N3O3.ClH/c1-2-20-18(23)13-24-16-6-4-15(5-7-16)21-17(22)8-3-14-9-11-19-12-10-14;/h4-7,14,19H,2-3,8-13H2,1H3,(H,20,23)(H,21,22);1H. The van der Waals surface area contributed by atoms with Crippen LogP contribution in [0.4, 0.5) is 5.69 Å². The lowest BCUT2D eigenvalue weighted by atomic mass is 9.93. The highest BCUT2D eigenvalue weighted by Gasteiger charge is 2.14. The van der Waals surface area contributed by atoms with Crippen LogP contribution in [0, 0.1) is 5.92 Å². The molecule has 6 nitrogen and oxygen atoms in total. The van der Waals surface area contributed by atoms with Crippen molar-refractivity contribution in [3.8, 4) is 5.75 Å². The van der Waals surface area contributed by atoms with Crippen LogP contribution in [0.25, 0.3) is 0 Å². The van der Waals surface area contributed by atoms with Gasteiger partial charge in [0, 0.05) is 18.7 Å². The molecule has 0 aliphatic carbocycles. The van der Waals surface area contributed by atoms with Crippen LogP contribution in [-0.4, -0.2) is 38.1 Å². The second-order valence-corrected chi connectivity index (χ2v) is 6.05. The fourth-order valence-electron chi connectivity index (χ4n) is 2.76. The van der Waals surface area contributed by atoms with Gasteiger partial charge in [-0.3, -0.25) is 9.59 Å². The molecule has 1 fully saturated rings. The molecular weight excluding hydrogens is 342 g/mol.